The number of aromatic nitrogens is 3. The lowest BCUT2D eigenvalue weighted by Gasteiger charge is -2.08. The number of hydrogen-bond donors (Lipinski definition) is 1. The third-order valence-corrected chi connectivity index (χ3v) is 2.64. The molecule has 2 rings (SSSR count). The molecule has 0 saturated carbocycles. The van der Waals surface area contributed by atoms with Gasteiger partial charge in [-0.1, -0.05) is 19.0 Å². The summed E-state index contributed by atoms with van der Waals surface area (Å²) in [7, 11) is 0. The average molecular weight is 223 g/mol. The van der Waals surface area contributed by atoms with Gasteiger partial charge in [0.05, 0.1) is 12.7 Å². The lowest BCUT2D eigenvalue weighted by atomic mass is 10.1. The molecule has 0 radical (unpaired) electrons. The van der Waals surface area contributed by atoms with Crippen LogP contribution in [0.2, 0.25) is 0 Å². The molecule has 2 aromatic rings. The van der Waals surface area contributed by atoms with Crippen LogP contribution in [-0.4, -0.2) is 14.7 Å². The van der Waals surface area contributed by atoms with E-state index in [0.717, 1.165) is 10.5 Å². The Kier molecular flexibility index (Phi) is 2.73. The van der Waals surface area contributed by atoms with Gasteiger partial charge in [-0.05, 0) is 18.1 Å². The first-order valence-corrected chi connectivity index (χ1v) is 5.27. The second-order valence-corrected chi connectivity index (χ2v) is 4.12. The van der Waals surface area contributed by atoms with Gasteiger partial charge in [-0.3, -0.25) is 0 Å². The third-order valence-electron chi connectivity index (χ3n) is 2.30. The molecule has 5 heteroatoms. The predicted octanol–water partition coefficient (Wildman–Crippen LogP) is 2.71. The number of nitrogens with one attached hydrogen (secondary N) is 1. The Labute approximate surface area is 92.9 Å². The molecular formula is C10H13N3OS. The van der Waals surface area contributed by atoms with Gasteiger partial charge in [0.15, 0.2) is 10.5 Å². The van der Waals surface area contributed by atoms with Crippen molar-refractivity contribution in [3.05, 3.63) is 34.7 Å². The Hall–Kier alpha value is -1.36. The normalized spacial score (nSPS) is 11.1. The molecule has 2 aromatic heterocycles. The fourth-order valence-corrected chi connectivity index (χ4v) is 1.76. The minimum Gasteiger partial charge on any atom is -0.359 e. The number of nitrogens with zero attached hydrogens (tertiary/aromatic N) is 2. The van der Waals surface area contributed by atoms with E-state index in [4.69, 9.17) is 16.7 Å². The van der Waals surface area contributed by atoms with Gasteiger partial charge < -0.3 is 14.1 Å². The number of H-pyrrole nitrogens is 1. The molecule has 0 saturated heterocycles. The van der Waals surface area contributed by atoms with Crippen LogP contribution in [0.15, 0.2) is 23.0 Å². The summed E-state index contributed by atoms with van der Waals surface area (Å²) in [6.45, 7) is 4.90. The Morgan fingerprint density at radius 1 is 1.60 bits per heavy atom. The summed E-state index contributed by atoms with van der Waals surface area (Å²) in [6.07, 6.45) is 3.59. The van der Waals surface area contributed by atoms with Crippen molar-refractivity contribution in [1.82, 2.24) is 14.7 Å². The summed E-state index contributed by atoms with van der Waals surface area (Å²) in [4.78, 5) is 3.05. The summed E-state index contributed by atoms with van der Waals surface area (Å²) in [5.41, 5.74) is 1.18. The maximum atomic E-state index is 5.21. The zero-order valence-corrected chi connectivity index (χ0v) is 9.54. The largest absolute Gasteiger partial charge is 0.359 e. The van der Waals surface area contributed by atoms with E-state index >= 15 is 0 Å². The van der Waals surface area contributed by atoms with Crippen LogP contribution < -0.4 is 0 Å². The lowest BCUT2D eigenvalue weighted by molar-refractivity contribution is 0.374. The van der Waals surface area contributed by atoms with E-state index in [-0.39, 0.29) is 0 Å². The van der Waals surface area contributed by atoms with Gasteiger partial charge in [0, 0.05) is 18.0 Å². The van der Waals surface area contributed by atoms with Crippen molar-refractivity contribution < 1.29 is 4.52 Å². The van der Waals surface area contributed by atoms with Gasteiger partial charge in [0.25, 0.3) is 0 Å². The molecule has 0 aliphatic heterocycles. The van der Waals surface area contributed by atoms with Gasteiger partial charge in [0.2, 0.25) is 0 Å². The predicted molar refractivity (Wildman–Crippen MR) is 59.3 cm³/mol. The third kappa shape index (κ3) is 2.02. The molecule has 0 spiro atoms. The summed E-state index contributed by atoms with van der Waals surface area (Å²) >= 11 is 5.21. The van der Waals surface area contributed by atoms with Crippen LogP contribution in [0.25, 0.3) is 0 Å². The van der Waals surface area contributed by atoms with Crippen LogP contribution in [0.4, 0.5) is 0 Å². The Morgan fingerprint density at radius 2 is 2.40 bits per heavy atom. The van der Waals surface area contributed by atoms with E-state index in [1.165, 1.54) is 5.69 Å². The first-order valence-electron chi connectivity index (χ1n) is 4.86. The van der Waals surface area contributed by atoms with Gasteiger partial charge in [-0.25, -0.2) is 0 Å². The molecule has 1 N–H and O–H groups in total. The highest BCUT2D eigenvalue weighted by Crippen LogP contribution is 2.16. The van der Waals surface area contributed by atoms with Crippen molar-refractivity contribution in [1.29, 1.82) is 0 Å². The van der Waals surface area contributed by atoms with Crippen molar-refractivity contribution in [2.24, 2.45) is 0 Å². The molecule has 0 fully saturated rings. The minimum atomic E-state index is 0.431. The van der Waals surface area contributed by atoms with Crippen molar-refractivity contribution in [3.8, 4) is 0 Å². The van der Waals surface area contributed by atoms with E-state index in [2.05, 4.69) is 24.0 Å². The van der Waals surface area contributed by atoms with Crippen LogP contribution in [0.5, 0.6) is 0 Å². The number of aromatic amines is 1. The first kappa shape index (κ1) is 10.2. The van der Waals surface area contributed by atoms with Gasteiger partial charge >= 0.3 is 0 Å². The second-order valence-electron chi connectivity index (χ2n) is 3.74. The zero-order valence-electron chi connectivity index (χ0n) is 8.73. The highest BCUT2D eigenvalue weighted by Gasteiger charge is 2.09. The van der Waals surface area contributed by atoms with Crippen molar-refractivity contribution >= 4 is 12.2 Å². The SMILES string of the molecule is CC(C)c1c[nH]c(=S)n1Cc1ccno1. The molecule has 0 unspecified atom stereocenters. The summed E-state index contributed by atoms with van der Waals surface area (Å²) < 4.78 is 7.81. The van der Waals surface area contributed by atoms with Crippen molar-refractivity contribution in [2.45, 2.75) is 26.3 Å². The molecule has 0 bridgehead atoms. The molecule has 0 amide bonds. The van der Waals surface area contributed by atoms with Crippen molar-refractivity contribution in [2.75, 3.05) is 0 Å². The molecule has 80 valence electrons. The Bertz CT molecular complexity index is 481. The topological polar surface area (TPSA) is 46.8 Å². The Balaban J connectivity index is 2.35. The average Bonchev–Trinajstić information content (AvgIpc) is 2.78. The van der Waals surface area contributed by atoms with E-state index in [0.29, 0.717) is 12.5 Å². The standard InChI is InChI=1S/C10H13N3OS/c1-7(2)9-5-11-10(15)13(9)6-8-3-4-12-14-8/h3-5,7H,6H2,1-2H3,(H,11,15). The van der Waals surface area contributed by atoms with Crippen LogP contribution >= 0.6 is 12.2 Å². The van der Waals surface area contributed by atoms with Gasteiger partial charge in [-0.2, -0.15) is 0 Å². The van der Waals surface area contributed by atoms with Crippen molar-refractivity contribution in [3.63, 3.8) is 0 Å². The van der Waals surface area contributed by atoms with Crippen LogP contribution in [0.3, 0.4) is 0 Å². The zero-order chi connectivity index (χ0) is 10.8. The second kappa shape index (κ2) is 4.02. The monoisotopic (exact) mass is 223 g/mol. The molecule has 0 aromatic carbocycles. The molecule has 0 aliphatic carbocycles. The number of hydrogen-bond acceptors (Lipinski definition) is 3. The summed E-state index contributed by atoms with van der Waals surface area (Å²) in [6, 6.07) is 1.85. The Morgan fingerprint density at radius 3 is 3.00 bits per heavy atom. The van der Waals surface area contributed by atoms with E-state index < -0.39 is 0 Å². The van der Waals surface area contributed by atoms with Gasteiger partial charge in [0.1, 0.15) is 0 Å². The quantitative estimate of drug-likeness (QED) is 0.814. The fraction of sp³-hybridized carbons (Fsp3) is 0.400. The van der Waals surface area contributed by atoms with E-state index in [1.54, 1.807) is 6.20 Å². The van der Waals surface area contributed by atoms with Gasteiger partial charge in [-0.15, -0.1) is 0 Å². The first-order chi connectivity index (χ1) is 7.18. The number of imidazole rings is 1. The number of rotatable bonds is 3. The van der Waals surface area contributed by atoms with E-state index in [9.17, 15) is 0 Å². The molecule has 0 atom stereocenters. The maximum Gasteiger partial charge on any atom is 0.177 e. The molecule has 2 heterocycles. The molecule has 0 aliphatic rings. The highest BCUT2D eigenvalue weighted by atomic mass is 32.1. The van der Waals surface area contributed by atoms with E-state index in [1.807, 2.05) is 16.8 Å². The smallest absolute Gasteiger partial charge is 0.177 e. The maximum absolute atomic E-state index is 5.21. The van der Waals surface area contributed by atoms with Crippen LogP contribution in [0, 0.1) is 4.77 Å². The van der Waals surface area contributed by atoms with Crippen LogP contribution in [0.1, 0.15) is 31.2 Å². The highest BCUT2D eigenvalue weighted by molar-refractivity contribution is 7.71. The molecule has 15 heavy (non-hydrogen) atoms. The molecular weight excluding hydrogens is 210 g/mol. The summed E-state index contributed by atoms with van der Waals surface area (Å²) in [5, 5.41) is 3.67. The fourth-order valence-electron chi connectivity index (χ4n) is 1.53. The van der Waals surface area contributed by atoms with Crippen LogP contribution in [-0.2, 0) is 6.54 Å². The summed E-state index contributed by atoms with van der Waals surface area (Å²) in [5.74, 6) is 1.24. The molecule has 4 nitrogen and oxygen atoms in total. The minimum absolute atomic E-state index is 0.431. The lowest BCUT2D eigenvalue weighted by Crippen LogP contribution is -2.05.